The topological polar surface area (TPSA) is 94.0 Å². The lowest BCUT2D eigenvalue weighted by Crippen LogP contribution is -2.43. The largest absolute Gasteiger partial charge is 0.343 e. The highest BCUT2D eigenvalue weighted by molar-refractivity contribution is 8.00. The Hall–Kier alpha value is -1.64. The van der Waals surface area contributed by atoms with E-state index in [9.17, 15) is 9.18 Å². The van der Waals surface area contributed by atoms with Gasteiger partial charge in [-0.15, -0.1) is 24.2 Å². The molecule has 2 atom stereocenters. The van der Waals surface area contributed by atoms with E-state index in [1.54, 1.807) is 18.2 Å². The zero-order valence-corrected chi connectivity index (χ0v) is 16.3. The molecule has 3 N–H and O–H groups in total. The van der Waals surface area contributed by atoms with Gasteiger partial charge in [0.05, 0.1) is 10.8 Å². The fourth-order valence-electron chi connectivity index (χ4n) is 3.55. The van der Waals surface area contributed by atoms with Crippen LogP contribution in [0.3, 0.4) is 0 Å². The van der Waals surface area contributed by atoms with Crippen molar-refractivity contribution in [2.75, 3.05) is 5.75 Å². The minimum absolute atomic E-state index is 0. The fourth-order valence-corrected chi connectivity index (χ4v) is 4.72. The molecule has 1 aliphatic carbocycles. The Morgan fingerprint density at radius 3 is 2.78 bits per heavy atom. The van der Waals surface area contributed by atoms with Gasteiger partial charge in [0.1, 0.15) is 11.9 Å². The number of hydrogen-bond acceptors (Lipinski definition) is 6. The Morgan fingerprint density at radius 1 is 1.33 bits per heavy atom. The highest BCUT2D eigenvalue weighted by Crippen LogP contribution is 2.36. The summed E-state index contributed by atoms with van der Waals surface area (Å²) in [6.45, 7) is 0. The maximum absolute atomic E-state index is 13.8. The van der Waals surface area contributed by atoms with E-state index in [-0.39, 0.29) is 35.4 Å². The Labute approximate surface area is 167 Å². The second-order valence-corrected chi connectivity index (χ2v) is 8.23. The molecule has 2 aliphatic rings. The van der Waals surface area contributed by atoms with Crippen molar-refractivity contribution in [1.82, 2.24) is 15.5 Å². The van der Waals surface area contributed by atoms with E-state index in [0.29, 0.717) is 29.5 Å². The van der Waals surface area contributed by atoms with Crippen LogP contribution in [0.1, 0.15) is 49.0 Å². The smallest absolute Gasteiger partial charge is 0.250 e. The first kappa shape index (κ1) is 20.1. The van der Waals surface area contributed by atoms with E-state index in [1.807, 2.05) is 0 Å². The first-order valence-electron chi connectivity index (χ1n) is 8.83. The summed E-state index contributed by atoms with van der Waals surface area (Å²) < 4.78 is 19.2. The monoisotopic (exact) mass is 412 g/mol. The lowest BCUT2D eigenvalue weighted by atomic mass is 9.99. The summed E-state index contributed by atoms with van der Waals surface area (Å²) in [6, 6.07) is 6.20. The van der Waals surface area contributed by atoms with Gasteiger partial charge in [-0.3, -0.25) is 4.79 Å². The van der Waals surface area contributed by atoms with E-state index in [4.69, 9.17) is 10.3 Å². The van der Waals surface area contributed by atoms with Crippen LogP contribution in [-0.2, 0) is 16.8 Å². The number of amides is 1. The van der Waals surface area contributed by atoms with Crippen molar-refractivity contribution in [3.8, 4) is 0 Å². The SMILES string of the molecule is Cl.NC1(c2noc(C3CSC(Cc4ccccc4F)C(=O)N3)n2)CCCC1. The Kier molecular flexibility index (Phi) is 6.08. The molecule has 27 heavy (non-hydrogen) atoms. The molecule has 2 unspecified atom stereocenters. The molecular formula is C18H22ClFN4O2S. The molecule has 1 amide bonds. The summed E-state index contributed by atoms with van der Waals surface area (Å²) in [6.07, 6.45) is 4.18. The van der Waals surface area contributed by atoms with Crippen molar-refractivity contribution in [2.45, 2.75) is 48.9 Å². The lowest BCUT2D eigenvalue weighted by Gasteiger charge is -2.26. The van der Waals surface area contributed by atoms with Crippen LogP contribution in [0.4, 0.5) is 4.39 Å². The predicted molar refractivity (Wildman–Crippen MR) is 103 cm³/mol. The number of carbonyl (C=O) groups excluding carboxylic acids is 1. The van der Waals surface area contributed by atoms with Gasteiger partial charge in [0.25, 0.3) is 0 Å². The second kappa shape index (κ2) is 8.16. The van der Waals surface area contributed by atoms with Gasteiger partial charge < -0.3 is 15.6 Å². The molecule has 2 aromatic rings. The van der Waals surface area contributed by atoms with E-state index in [1.165, 1.54) is 17.8 Å². The van der Waals surface area contributed by atoms with Gasteiger partial charge in [-0.2, -0.15) is 4.98 Å². The summed E-state index contributed by atoms with van der Waals surface area (Å²) in [4.78, 5) is 16.9. The van der Waals surface area contributed by atoms with Gasteiger partial charge in [0, 0.05) is 5.75 Å². The van der Waals surface area contributed by atoms with E-state index < -0.39 is 5.54 Å². The molecule has 146 valence electrons. The van der Waals surface area contributed by atoms with Crippen LogP contribution >= 0.6 is 24.2 Å². The molecule has 4 rings (SSSR count). The number of nitrogens with one attached hydrogen (secondary N) is 1. The molecule has 1 saturated carbocycles. The number of hydrogen-bond donors (Lipinski definition) is 2. The number of halogens is 2. The van der Waals surface area contributed by atoms with E-state index in [0.717, 1.165) is 25.7 Å². The number of rotatable bonds is 4. The van der Waals surface area contributed by atoms with Crippen LogP contribution in [0.25, 0.3) is 0 Å². The zero-order valence-electron chi connectivity index (χ0n) is 14.7. The number of aromatic nitrogens is 2. The third-order valence-corrected chi connectivity index (χ3v) is 6.43. The minimum atomic E-state index is -0.513. The first-order chi connectivity index (χ1) is 12.5. The quantitative estimate of drug-likeness (QED) is 0.801. The van der Waals surface area contributed by atoms with Gasteiger partial charge in [0.2, 0.25) is 11.8 Å². The molecule has 9 heteroatoms. The van der Waals surface area contributed by atoms with Crippen molar-refractivity contribution in [3.05, 3.63) is 47.4 Å². The van der Waals surface area contributed by atoms with E-state index in [2.05, 4.69) is 15.5 Å². The molecular weight excluding hydrogens is 391 g/mol. The molecule has 1 aromatic carbocycles. The molecule has 1 saturated heterocycles. The summed E-state index contributed by atoms with van der Waals surface area (Å²) >= 11 is 1.48. The number of carbonyl (C=O) groups is 1. The molecule has 2 fully saturated rings. The summed E-state index contributed by atoms with van der Waals surface area (Å²) in [5.41, 5.74) is 6.39. The van der Waals surface area contributed by atoms with Gasteiger partial charge in [-0.25, -0.2) is 4.39 Å². The van der Waals surface area contributed by atoms with Crippen molar-refractivity contribution in [1.29, 1.82) is 0 Å². The molecule has 1 aromatic heterocycles. The second-order valence-electron chi connectivity index (χ2n) is 7.00. The van der Waals surface area contributed by atoms with Gasteiger partial charge in [0.15, 0.2) is 5.82 Å². The lowest BCUT2D eigenvalue weighted by molar-refractivity contribution is -0.121. The third kappa shape index (κ3) is 4.12. The van der Waals surface area contributed by atoms with Crippen LogP contribution in [0.5, 0.6) is 0 Å². The summed E-state index contributed by atoms with van der Waals surface area (Å²) in [5.74, 6) is 1.09. The van der Waals surface area contributed by atoms with Gasteiger partial charge in [-0.05, 0) is 30.9 Å². The van der Waals surface area contributed by atoms with Crippen molar-refractivity contribution in [2.24, 2.45) is 5.73 Å². The Morgan fingerprint density at radius 2 is 2.07 bits per heavy atom. The van der Waals surface area contributed by atoms with Crippen molar-refractivity contribution in [3.63, 3.8) is 0 Å². The number of benzene rings is 1. The zero-order chi connectivity index (χ0) is 18.1. The maximum atomic E-state index is 13.8. The van der Waals surface area contributed by atoms with Crippen molar-refractivity contribution >= 4 is 30.1 Å². The average molecular weight is 413 g/mol. The van der Waals surface area contributed by atoms with Gasteiger partial charge >= 0.3 is 0 Å². The van der Waals surface area contributed by atoms with Crippen LogP contribution in [0.2, 0.25) is 0 Å². The van der Waals surface area contributed by atoms with Crippen LogP contribution in [-0.4, -0.2) is 27.1 Å². The van der Waals surface area contributed by atoms with Crippen molar-refractivity contribution < 1.29 is 13.7 Å². The molecule has 0 bridgehead atoms. The summed E-state index contributed by atoms with van der Waals surface area (Å²) in [7, 11) is 0. The van der Waals surface area contributed by atoms with Gasteiger partial charge in [-0.1, -0.05) is 36.2 Å². The number of nitrogens with two attached hydrogens (primary N) is 1. The molecule has 6 nitrogen and oxygen atoms in total. The molecule has 1 aliphatic heterocycles. The Balaban J connectivity index is 0.00000210. The normalized spacial score (nSPS) is 24.3. The Bertz CT molecular complexity index is 812. The minimum Gasteiger partial charge on any atom is -0.343 e. The maximum Gasteiger partial charge on any atom is 0.250 e. The standard InChI is InChI=1S/C18H21FN4O2S.ClH/c19-12-6-2-1-5-11(12)9-14-15(24)21-13(10-26-14)16-22-17(23-25-16)18(20)7-3-4-8-18;/h1-2,5-6,13-14H,3-4,7-10,20H2,(H,21,24);1H. The summed E-state index contributed by atoms with van der Waals surface area (Å²) in [5, 5.41) is 6.63. The molecule has 0 spiro atoms. The predicted octanol–water partition coefficient (Wildman–Crippen LogP) is 2.87. The van der Waals surface area contributed by atoms with Crippen LogP contribution in [0.15, 0.2) is 28.8 Å². The molecule has 0 radical (unpaired) electrons. The van der Waals surface area contributed by atoms with E-state index >= 15 is 0 Å². The molecule has 2 heterocycles. The third-order valence-electron chi connectivity index (χ3n) is 5.12. The van der Waals surface area contributed by atoms with Crippen LogP contribution < -0.4 is 11.1 Å². The number of thioether (sulfide) groups is 1. The average Bonchev–Trinajstić information content (AvgIpc) is 3.29. The first-order valence-corrected chi connectivity index (χ1v) is 9.88. The number of nitrogens with zero attached hydrogens (tertiary/aromatic N) is 2. The highest BCUT2D eigenvalue weighted by atomic mass is 35.5. The fraction of sp³-hybridized carbons (Fsp3) is 0.500. The highest BCUT2D eigenvalue weighted by Gasteiger charge is 2.38. The van der Waals surface area contributed by atoms with Crippen LogP contribution in [0, 0.1) is 5.82 Å².